The molecule has 0 radical (unpaired) electrons. The number of hydrazone groups is 1. The third-order valence-corrected chi connectivity index (χ3v) is 9.18. The molecule has 0 unspecified atom stereocenters. The average molecular weight is 646 g/mol. The fourth-order valence-corrected chi connectivity index (χ4v) is 6.56. The molecule has 2 aliphatic carbocycles. The Hall–Kier alpha value is -4.66. The number of nitrogens with one attached hydrogen (secondary N) is 1. The van der Waals surface area contributed by atoms with Crippen molar-refractivity contribution in [2.45, 2.75) is 69.4 Å². The van der Waals surface area contributed by atoms with E-state index >= 15 is 0 Å². The smallest absolute Gasteiger partial charge is 0.271 e. The van der Waals surface area contributed by atoms with Crippen LogP contribution in [0, 0.1) is 0 Å². The number of ether oxygens (including phenoxy) is 3. The molecule has 1 amide bonds. The Morgan fingerprint density at radius 3 is 2.43 bits per heavy atom. The zero-order valence-electron chi connectivity index (χ0n) is 25.9. The number of nitrogens with zero attached hydrogens (tertiary/aromatic N) is 1. The van der Waals surface area contributed by atoms with E-state index in [2.05, 4.69) is 10.5 Å². The average Bonchev–Trinajstić information content (AvgIpc) is 3.06. The van der Waals surface area contributed by atoms with Crippen LogP contribution in [0.1, 0.15) is 86.1 Å². The molecule has 3 aromatic rings. The lowest BCUT2D eigenvalue weighted by atomic mass is 9.71. The van der Waals surface area contributed by atoms with Crippen molar-refractivity contribution in [3.05, 3.63) is 87.5 Å². The molecule has 13 heteroatoms. The molecule has 0 bridgehead atoms. The molecule has 1 aliphatic heterocycles. The molecular formula is C34H35N3O10. The van der Waals surface area contributed by atoms with Gasteiger partial charge in [0.15, 0.2) is 12.1 Å². The predicted molar refractivity (Wildman–Crippen MR) is 167 cm³/mol. The molecular weight excluding hydrogens is 610 g/mol. The van der Waals surface area contributed by atoms with Crippen molar-refractivity contribution in [1.29, 1.82) is 0 Å². The Morgan fingerprint density at radius 1 is 1.04 bits per heavy atom. The molecule has 3 aliphatic rings. The van der Waals surface area contributed by atoms with Crippen molar-refractivity contribution in [2.75, 3.05) is 7.11 Å². The number of rotatable bonds is 6. The summed E-state index contributed by atoms with van der Waals surface area (Å²) in [6, 6.07) is 12.1. The summed E-state index contributed by atoms with van der Waals surface area (Å²) in [6.45, 7) is 3.09. The molecule has 1 fully saturated rings. The number of amides is 1. The quantitative estimate of drug-likeness (QED) is 0.102. The van der Waals surface area contributed by atoms with Gasteiger partial charge >= 0.3 is 0 Å². The van der Waals surface area contributed by atoms with Gasteiger partial charge in [-0.15, -0.1) is 0 Å². The molecule has 1 heterocycles. The Balaban J connectivity index is 1.46. The molecule has 6 atom stereocenters. The van der Waals surface area contributed by atoms with Crippen molar-refractivity contribution in [3.8, 4) is 17.2 Å². The van der Waals surface area contributed by atoms with Crippen molar-refractivity contribution in [3.63, 3.8) is 0 Å². The molecule has 7 N–H and O–H groups in total. The van der Waals surface area contributed by atoms with E-state index in [1.807, 2.05) is 0 Å². The number of phenolic OH excluding ortho intramolecular Hbond substituents is 2. The summed E-state index contributed by atoms with van der Waals surface area (Å²) in [6.07, 6.45) is -4.51. The summed E-state index contributed by atoms with van der Waals surface area (Å²) in [7, 11) is 1.34. The predicted octanol–water partition coefficient (Wildman–Crippen LogP) is 2.25. The van der Waals surface area contributed by atoms with E-state index in [1.165, 1.54) is 32.2 Å². The highest BCUT2D eigenvalue weighted by molar-refractivity contribution is 6.31. The highest BCUT2D eigenvalue weighted by atomic mass is 16.7. The number of carbonyl (C=O) groups is 3. The van der Waals surface area contributed by atoms with Gasteiger partial charge in [-0.1, -0.05) is 30.3 Å². The fraction of sp³-hybridized carbons (Fsp3) is 0.353. The van der Waals surface area contributed by atoms with Crippen molar-refractivity contribution < 1.29 is 49.0 Å². The first-order valence-corrected chi connectivity index (χ1v) is 15.1. The lowest BCUT2D eigenvalue weighted by Crippen LogP contribution is -2.52. The van der Waals surface area contributed by atoms with Gasteiger partial charge in [-0.25, -0.2) is 5.43 Å². The van der Waals surface area contributed by atoms with Crippen molar-refractivity contribution in [2.24, 2.45) is 10.8 Å². The number of hydrogen-bond donors (Lipinski definition) is 6. The summed E-state index contributed by atoms with van der Waals surface area (Å²) in [5.41, 5.74) is 6.04. The number of fused-ring (bicyclic) bond motifs is 3. The molecule has 3 aromatic carbocycles. The summed E-state index contributed by atoms with van der Waals surface area (Å²) >= 11 is 0. The third-order valence-electron chi connectivity index (χ3n) is 9.18. The van der Waals surface area contributed by atoms with Gasteiger partial charge < -0.3 is 40.4 Å². The largest absolute Gasteiger partial charge is 0.507 e. The minimum atomic E-state index is -1.88. The first-order chi connectivity index (χ1) is 22.4. The summed E-state index contributed by atoms with van der Waals surface area (Å²) in [5.74, 6) is -3.08. The standard InChI is InChI=1S/C34H35N3O10/c1-15-28(38)20(35)12-23(46-15)47-22-14-34(44,16(2)36-37-33(43)17-8-5-4-6-9-17)13-19-25(22)32(42)27-26(30(19)40)29(39)18-10-7-11-21(45-3)24(18)31(27)41/h4-11,15,20,22-23,28,38,40,42,44H,12-14,35H2,1-3H3,(H,37,43)/b36-16-/t15-,20-,22-,23+,28+,34+/m1/s1. The van der Waals surface area contributed by atoms with Gasteiger partial charge in [-0.2, -0.15) is 5.10 Å². The lowest BCUT2D eigenvalue weighted by molar-refractivity contribution is -0.245. The molecule has 1 saturated heterocycles. The van der Waals surface area contributed by atoms with Crippen LogP contribution in [0.4, 0.5) is 0 Å². The number of ketones is 2. The van der Waals surface area contributed by atoms with Crippen LogP contribution in [0.25, 0.3) is 0 Å². The van der Waals surface area contributed by atoms with Crippen LogP contribution in [0.2, 0.25) is 0 Å². The number of benzene rings is 3. The lowest BCUT2D eigenvalue weighted by Gasteiger charge is -2.42. The van der Waals surface area contributed by atoms with E-state index in [9.17, 15) is 34.8 Å². The number of aliphatic hydroxyl groups is 2. The van der Waals surface area contributed by atoms with E-state index in [-0.39, 0.29) is 53.0 Å². The van der Waals surface area contributed by atoms with Gasteiger partial charge in [0.25, 0.3) is 5.91 Å². The van der Waals surface area contributed by atoms with Gasteiger partial charge in [0, 0.05) is 47.6 Å². The SMILES string of the molecule is COc1cccc2c1C(=O)c1c(O)c3c(c(O)c1C2=O)C[C@@](O)(/C(C)=N\NC(=O)c1ccccc1)C[C@H]3O[C@H]1C[C@@H](N)[C@@H](O)[C@@H](C)O1. The molecule has 0 spiro atoms. The van der Waals surface area contributed by atoms with E-state index in [0.29, 0.717) is 5.56 Å². The molecule has 6 rings (SSSR count). The summed E-state index contributed by atoms with van der Waals surface area (Å²) in [5, 5.41) is 50.0. The minimum absolute atomic E-state index is 0.0196. The molecule has 0 aromatic heterocycles. The van der Waals surface area contributed by atoms with Gasteiger partial charge in [0.1, 0.15) is 22.8 Å². The zero-order valence-corrected chi connectivity index (χ0v) is 25.9. The van der Waals surface area contributed by atoms with Crippen LogP contribution in [0.15, 0.2) is 53.6 Å². The minimum Gasteiger partial charge on any atom is -0.507 e. The Kier molecular flexibility index (Phi) is 8.36. The monoisotopic (exact) mass is 645 g/mol. The van der Waals surface area contributed by atoms with E-state index in [4.69, 9.17) is 19.9 Å². The second-order valence-corrected chi connectivity index (χ2v) is 12.1. The fourth-order valence-electron chi connectivity index (χ4n) is 6.56. The van der Waals surface area contributed by atoms with E-state index < -0.39 is 76.3 Å². The molecule has 246 valence electrons. The molecule has 13 nitrogen and oxygen atoms in total. The van der Waals surface area contributed by atoms with Crippen LogP contribution >= 0.6 is 0 Å². The van der Waals surface area contributed by atoms with Gasteiger partial charge in [0.2, 0.25) is 5.78 Å². The summed E-state index contributed by atoms with van der Waals surface area (Å²) in [4.78, 5) is 40.4. The topological polar surface area (TPSA) is 210 Å². The first kappa shape index (κ1) is 32.3. The van der Waals surface area contributed by atoms with Crippen molar-refractivity contribution in [1.82, 2.24) is 5.43 Å². The van der Waals surface area contributed by atoms with Gasteiger partial charge in [-0.05, 0) is 32.0 Å². The van der Waals surface area contributed by atoms with Crippen LogP contribution in [-0.2, 0) is 15.9 Å². The number of aliphatic hydroxyl groups excluding tert-OH is 1. The third kappa shape index (κ3) is 5.45. The highest BCUT2D eigenvalue weighted by Gasteiger charge is 2.49. The maximum atomic E-state index is 13.9. The van der Waals surface area contributed by atoms with E-state index in [1.54, 1.807) is 37.3 Å². The van der Waals surface area contributed by atoms with E-state index in [0.717, 1.165) is 0 Å². The number of hydrogen-bond acceptors (Lipinski definition) is 12. The number of carbonyl (C=O) groups excluding carboxylic acids is 3. The highest BCUT2D eigenvalue weighted by Crippen LogP contribution is 2.52. The van der Waals surface area contributed by atoms with Gasteiger partial charge in [-0.3, -0.25) is 14.4 Å². The van der Waals surface area contributed by atoms with Crippen LogP contribution < -0.4 is 15.9 Å². The second-order valence-electron chi connectivity index (χ2n) is 12.1. The number of phenols is 2. The maximum Gasteiger partial charge on any atom is 0.271 e. The van der Waals surface area contributed by atoms with Crippen molar-refractivity contribution >= 4 is 23.2 Å². The second kappa shape index (κ2) is 12.2. The number of nitrogens with two attached hydrogens (primary N) is 1. The Labute approximate surface area is 269 Å². The maximum absolute atomic E-state index is 13.9. The molecule has 0 saturated carbocycles. The van der Waals surface area contributed by atoms with Gasteiger partial charge in [0.05, 0.1) is 47.8 Å². The van der Waals surface area contributed by atoms with Crippen LogP contribution in [0.3, 0.4) is 0 Å². The summed E-state index contributed by atoms with van der Waals surface area (Å²) < 4.78 is 17.5. The normalized spacial score (nSPS) is 27.0. The van der Waals surface area contributed by atoms with Crippen LogP contribution in [-0.4, -0.2) is 80.9 Å². The number of aromatic hydroxyl groups is 2. The number of methoxy groups -OCH3 is 1. The first-order valence-electron chi connectivity index (χ1n) is 15.1. The Bertz CT molecular complexity index is 1800. The zero-order chi connectivity index (χ0) is 33.8. The molecule has 47 heavy (non-hydrogen) atoms. The Morgan fingerprint density at radius 2 is 1.74 bits per heavy atom. The van der Waals surface area contributed by atoms with Crippen LogP contribution in [0.5, 0.6) is 17.2 Å².